The molecule has 0 saturated carbocycles. The van der Waals surface area contributed by atoms with Gasteiger partial charge in [-0.25, -0.2) is 4.79 Å². The molecular weight excluding hydrogens is 366 g/mol. The van der Waals surface area contributed by atoms with Crippen molar-refractivity contribution in [2.75, 3.05) is 11.9 Å². The van der Waals surface area contributed by atoms with E-state index in [1.54, 1.807) is 19.9 Å². The van der Waals surface area contributed by atoms with E-state index in [0.717, 1.165) is 10.4 Å². The molecule has 1 heterocycles. The first-order valence-electron chi connectivity index (χ1n) is 7.89. The van der Waals surface area contributed by atoms with Crippen LogP contribution in [0.25, 0.3) is 0 Å². The molecule has 25 heavy (non-hydrogen) atoms. The summed E-state index contributed by atoms with van der Waals surface area (Å²) < 4.78 is 5.05. The number of nitrogens with one attached hydrogen (secondary N) is 1. The van der Waals surface area contributed by atoms with E-state index in [1.807, 2.05) is 6.92 Å². The summed E-state index contributed by atoms with van der Waals surface area (Å²) in [4.78, 5) is 37.0. The second kappa shape index (κ2) is 8.01. The van der Waals surface area contributed by atoms with Gasteiger partial charge in [0, 0.05) is 21.8 Å². The van der Waals surface area contributed by atoms with Crippen LogP contribution in [0.1, 0.15) is 40.6 Å². The number of aryl methyl sites for hydroxylation is 1. The fraction of sp³-hybridized carbons (Fsp3) is 0.471. The molecule has 2 atom stereocenters. The van der Waals surface area contributed by atoms with Gasteiger partial charge in [-0.1, -0.05) is 17.7 Å². The summed E-state index contributed by atoms with van der Waals surface area (Å²) in [6, 6.07) is 0. The molecule has 8 heteroatoms. The highest BCUT2D eigenvalue weighted by Crippen LogP contribution is 2.36. The number of ether oxygens (including phenoxy) is 1. The largest absolute Gasteiger partial charge is 0.550 e. The lowest BCUT2D eigenvalue weighted by atomic mass is 9.82. The van der Waals surface area contributed by atoms with Crippen molar-refractivity contribution in [1.82, 2.24) is 0 Å². The molecule has 1 aromatic rings. The van der Waals surface area contributed by atoms with E-state index in [-0.39, 0.29) is 19.4 Å². The van der Waals surface area contributed by atoms with E-state index in [0.29, 0.717) is 15.6 Å². The molecule has 0 spiro atoms. The van der Waals surface area contributed by atoms with Crippen LogP contribution >= 0.6 is 22.9 Å². The maximum atomic E-state index is 12.6. The zero-order valence-electron chi connectivity index (χ0n) is 14.2. The number of thiophene rings is 1. The van der Waals surface area contributed by atoms with Crippen LogP contribution in [0.15, 0.2) is 11.1 Å². The maximum Gasteiger partial charge on any atom is 0.341 e. The topological polar surface area (TPSA) is 95.5 Å². The molecule has 0 radical (unpaired) electrons. The average molecular weight is 385 g/mol. The molecule has 0 bridgehead atoms. The van der Waals surface area contributed by atoms with Gasteiger partial charge in [0.2, 0.25) is 5.91 Å². The average Bonchev–Trinajstić information content (AvgIpc) is 2.81. The fourth-order valence-electron chi connectivity index (χ4n) is 2.76. The smallest absolute Gasteiger partial charge is 0.341 e. The zero-order chi connectivity index (χ0) is 18.7. The van der Waals surface area contributed by atoms with Crippen LogP contribution in [0.4, 0.5) is 5.00 Å². The normalized spacial score (nSPS) is 19.9. The lowest BCUT2D eigenvalue weighted by molar-refractivity contribution is -0.313. The molecule has 0 unspecified atom stereocenters. The summed E-state index contributed by atoms with van der Waals surface area (Å²) in [6.07, 6.45) is 1.87. The minimum atomic E-state index is -1.29. The molecule has 0 aliphatic heterocycles. The van der Waals surface area contributed by atoms with Crippen LogP contribution in [-0.2, 0) is 14.3 Å². The Bertz CT molecular complexity index is 740. The monoisotopic (exact) mass is 384 g/mol. The van der Waals surface area contributed by atoms with Crippen molar-refractivity contribution in [2.24, 2.45) is 11.8 Å². The molecular formula is C17H19ClNO5S-. The first-order chi connectivity index (χ1) is 11.8. The summed E-state index contributed by atoms with van der Waals surface area (Å²) in [5.41, 5.74) is 1.04. The van der Waals surface area contributed by atoms with Gasteiger partial charge in [0.15, 0.2) is 0 Å². The van der Waals surface area contributed by atoms with Crippen LogP contribution in [0.5, 0.6) is 0 Å². The molecule has 1 aliphatic rings. The number of rotatable bonds is 5. The summed E-state index contributed by atoms with van der Waals surface area (Å²) in [5.74, 6) is -4.09. The number of carbonyl (C=O) groups is 3. The summed E-state index contributed by atoms with van der Waals surface area (Å²) in [6.45, 7) is 5.53. The number of carbonyl (C=O) groups excluding carboxylic acids is 3. The Balaban J connectivity index is 2.28. The van der Waals surface area contributed by atoms with Gasteiger partial charge in [-0.15, -0.1) is 11.3 Å². The van der Waals surface area contributed by atoms with E-state index in [1.165, 1.54) is 11.3 Å². The van der Waals surface area contributed by atoms with E-state index < -0.39 is 29.7 Å². The van der Waals surface area contributed by atoms with Gasteiger partial charge in [-0.3, -0.25) is 4.79 Å². The molecule has 2 rings (SSSR count). The third kappa shape index (κ3) is 4.22. The third-order valence-electron chi connectivity index (χ3n) is 4.24. The van der Waals surface area contributed by atoms with Gasteiger partial charge in [0.1, 0.15) is 5.00 Å². The van der Waals surface area contributed by atoms with Crippen molar-refractivity contribution >= 4 is 45.8 Å². The summed E-state index contributed by atoms with van der Waals surface area (Å²) in [7, 11) is 0. The lowest BCUT2D eigenvalue weighted by Crippen LogP contribution is -2.42. The van der Waals surface area contributed by atoms with Gasteiger partial charge in [-0.05, 0) is 39.2 Å². The highest BCUT2D eigenvalue weighted by molar-refractivity contribution is 7.16. The Morgan fingerprint density at radius 3 is 2.64 bits per heavy atom. The van der Waals surface area contributed by atoms with Crippen LogP contribution in [0.3, 0.4) is 0 Å². The fourth-order valence-corrected chi connectivity index (χ4v) is 4.07. The van der Waals surface area contributed by atoms with Crippen LogP contribution in [-0.4, -0.2) is 24.5 Å². The Labute approximate surface area is 154 Å². The molecule has 0 aromatic carbocycles. The molecule has 0 fully saturated rings. The number of halogens is 1. The summed E-state index contributed by atoms with van der Waals surface area (Å²) >= 11 is 7.23. The van der Waals surface area contributed by atoms with Gasteiger partial charge >= 0.3 is 5.97 Å². The number of hydrogen-bond donors (Lipinski definition) is 1. The van der Waals surface area contributed by atoms with Crippen molar-refractivity contribution in [3.63, 3.8) is 0 Å². The minimum absolute atomic E-state index is 0.129. The number of allylic oxidation sites excluding steroid dienone is 2. The second-order valence-electron chi connectivity index (χ2n) is 5.82. The number of hydrogen-bond acceptors (Lipinski definition) is 6. The zero-order valence-corrected chi connectivity index (χ0v) is 15.8. The van der Waals surface area contributed by atoms with Crippen LogP contribution in [0, 0.1) is 25.7 Å². The molecule has 1 N–H and O–H groups in total. The Hall–Kier alpha value is -1.86. The molecule has 1 aliphatic carbocycles. The van der Waals surface area contributed by atoms with Crippen LogP contribution < -0.4 is 10.4 Å². The number of carboxylic acids is 1. The second-order valence-corrected chi connectivity index (χ2v) is 7.53. The molecule has 6 nitrogen and oxygen atoms in total. The van der Waals surface area contributed by atoms with Crippen molar-refractivity contribution < 1.29 is 24.2 Å². The van der Waals surface area contributed by atoms with Gasteiger partial charge in [0.05, 0.1) is 18.1 Å². The molecule has 1 amide bonds. The Morgan fingerprint density at radius 2 is 2.04 bits per heavy atom. The number of aliphatic carboxylic acids is 1. The van der Waals surface area contributed by atoms with E-state index in [4.69, 9.17) is 16.3 Å². The minimum Gasteiger partial charge on any atom is -0.550 e. The van der Waals surface area contributed by atoms with E-state index in [2.05, 4.69) is 5.32 Å². The Morgan fingerprint density at radius 1 is 1.36 bits per heavy atom. The van der Waals surface area contributed by atoms with Crippen LogP contribution in [0.2, 0.25) is 0 Å². The quantitative estimate of drug-likeness (QED) is 0.786. The summed E-state index contributed by atoms with van der Waals surface area (Å²) in [5, 5.41) is 14.8. The van der Waals surface area contributed by atoms with Crippen molar-refractivity contribution in [3.05, 3.63) is 27.1 Å². The van der Waals surface area contributed by atoms with E-state index >= 15 is 0 Å². The molecule has 136 valence electrons. The molecule has 1 aromatic heterocycles. The number of carboxylic acid groups (broad SMARTS) is 1. The molecule has 0 saturated heterocycles. The predicted octanol–water partition coefficient (Wildman–Crippen LogP) is 2.38. The van der Waals surface area contributed by atoms with Gasteiger partial charge < -0.3 is 20.0 Å². The third-order valence-corrected chi connectivity index (χ3v) is 5.67. The highest BCUT2D eigenvalue weighted by atomic mass is 35.5. The van der Waals surface area contributed by atoms with Crippen molar-refractivity contribution in [2.45, 2.75) is 33.6 Å². The highest BCUT2D eigenvalue weighted by Gasteiger charge is 2.33. The first kappa shape index (κ1) is 19.5. The predicted molar refractivity (Wildman–Crippen MR) is 93.5 cm³/mol. The SMILES string of the molecule is CCOC(=O)c1c(NC(=O)[C@@H]2CC(Cl)=CC[C@@H]2C(=O)[O-])sc(C)c1C. The van der Waals surface area contributed by atoms with Crippen molar-refractivity contribution in [3.8, 4) is 0 Å². The van der Waals surface area contributed by atoms with Gasteiger partial charge in [-0.2, -0.15) is 0 Å². The first-order valence-corrected chi connectivity index (χ1v) is 9.09. The van der Waals surface area contributed by atoms with E-state index in [9.17, 15) is 19.5 Å². The number of anilines is 1. The standard InChI is InChI=1S/C17H20ClNO5S/c1-4-24-17(23)13-8(2)9(3)25-15(13)19-14(20)12-7-10(18)5-6-11(12)16(21)22/h5,11-12H,4,6-7H2,1-3H3,(H,19,20)(H,21,22)/p-1/t11-,12+/m0/s1. The van der Waals surface area contributed by atoms with Gasteiger partial charge in [0.25, 0.3) is 0 Å². The lowest BCUT2D eigenvalue weighted by Gasteiger charge is -2.29. The maximum absolute atomic E-state index is 12.6. The number of amides is 1. The van der Waals surface area contributed by atoms with Crippen molar-refractivity contribution in [1.29, 1.82) is 0 Å². The number of esters is 1. The Kier molecular flexibility index (Phi) is 6.24.